The predicted molar refractivity (Wildman–Crippen MR) is 85.3 cm³/mol. The Morgan fingerprint density at radius 3 is 2.48 bits per heavy atom. The molecule has 1 fully saturated rings. The molecule has 1 aromatic carbocycles. The predicted octanol–water partition coefficient (Wildman–Crippen LogP) is 5.20. The molecule has 1 aliphatic rings. The standard InChI is InChI=1S/C17H19ClF3NO/c1-9-5-6-10(2)12(7-9)22-15(23)14-11(16(14,3)4)8-13(18)17(19,20)21/h5-8,11,14H,1-4H3,(H,22,23)/b13-8-/t11-,14-/m1/s1. The molecule has 6 heteroatoms. The lowest BCUT2D eigenvalue weighted by Crippen LogP contribution is -2.17. The summed E-state index contributed by atoms with van der Waals surface area (Å²) in [5.41, 5.74) is 2.04. The highest BCUT2D eigenvalue weighted by molar-refractivity contribution is 6.30. The number of alkyl halides is 3. The van der Waals surface area contributed by atoms with Crippen molar-refractivity contribution in [2.24, 2.45) is 17.3 Å². The van der Waals surface area contributed by atoms with Gasteiger partial charge in [0.25, 0.3) is 0 Å². The summed E-state index contributed by atoms with van der Waals surface area (Å²) < 4.78 is 37.7. The molecule has 126 valence electrons. The highest BCUT2D eigenvalue weighted by atomic mass is 35.5. The van der Waals surface area contributed by atoms with Gasteiger partial charge in [-0.1, -0.05) is 43.7 Å². The Bertz CT molecular complexity index is 664. The molecule has 1 aliphatic carbocycles. The maximum atomic E-state index is 12.6. The summed E-state index contributed by atoms with van der Waals surface area (Å²) in [5.74, 6) is -1.34. The first-order chi connectivity index (χ1) is 10.4. The van der Waals surface area contributed by atoms with Crippen LogP contribution in [-0.2, 0) is 4.79 Å². The van der Waals surface area contributed by atoms with Crippen LogP contribution in [0.1, 0.15) is 25.0 Å². The van der Waals surface area contributed by atoms with Crippen molar-refractivity contribution in [2.45, 2.75) is 33.9 Å². The van der Waals surface area contributed by atoms with Crippen LogP contribution in [0.25, 0.3) is 0 Å². The van der Waals surface area contributed by atoms with E-state index in [0.717, 1.165) is 17.2 Å². The summed E-state index contributed by atoms with van der Waals surface area (Å²) in [7, 11) is 0. The number of benzene rings is 1. The molecule has 0 aromatic heterocycles. The first kappa shape index (κ1) is 17.9. The van der Waals surface area contributed by atoms with Crippen LogP contribution in [0.2, 0.25) is 0 Å². The Hall–Kier alpha value is -1.49. The minimum Gasteiger partial charge on any atom is -0.326 e. The zero-order valence-electron chi connectivity index (χ0n) is 13.4. The fraction of sp³-hybridized carbons (Fsp3) is 0.471. The first-order valence-electron chi connectivity index (χ1n) is 7.27. The third-order valence-electron chi connectivity index (χ3n) is 4.44. The van der Waals surface area contributed by atoms with Crippen LogP contribution < -0.4 is 5.32 Å². The van der Waals surface area contributed by atoms with Gasteiger partial charge in [-0.15, -0.1) is 0 Å². The number of allylic oxidation sites excluding steroid dienone is 2. The summed E-state index contributed by atoms with van der Waals surface area (Å²) in [6.45, 7) is 7.31. The van der Waals surface area contributed by atoms with Gasteiger partial charge in [-0.3, -0.25) is 4.79 Å². The molecule has 1 N–H and O–H groups in total. The summed E-state index contributed by atoms with van der Waals surface area (Å²) in [6, 6.07) is 5.66. The molecular formula is C17H19ClF3NO. The van der Waals surface area contributed by atoms with Crippen molar-refractivity contribution in [1.82, 2.24) is 0 Å². The van der Waals surface area contributed by atoms with E-state index in [0.29, 0.717) is 5.69 Å². The highest BCUT2D eigenvalue weighted by Crippen LogP contribution is 2.60. The van der Waals surface area contributed by atoms with Crippen LogP contribution in [0.5, 0.6) is 0 Å². The minimum absolute atomic E-state index is 0.281. The second-order valence-electron chi connectivity index (χ2n) is 6.64. The second kappa shape index (κ2) is 5.86. The van der Waals surface area contributed by atoms with Crippen molar-refractivity contribution < 1.29 is 18.0 Å². The van der Waals surface area contributed by atoms with E-state index in [1.165, 1.54) is 0 Å². The van der Waals surface area contributed by atoms with Gasteiger partial charge < -0.3 is 5.32 Å². The number of amides is 1. The average Bonchev–Trinajstić information content (AvgIpc) is 2.94. The van der Waals surface area contributed by atoms with Gasteiger partial charge in [0.05, 0.1) is 5.92 Å². The minimum atomic E-state index is -4.58. The number of halogens is 4. The van der Waals surface area contributed by atoms with Crippen LogP contribution in [-0.4, -0.2) is 12.1 Å². The largest absolute Gasteiger partial charge is 0.426 e. The quantitative estimate of drug-likeness (QED) is 0.801. The van der Waals surface area contributed by atoms with Gasteiger partial charge in [-0.05, 0) is 42.4 Å². The Labute approximate surface area is 138 Å². The number of rotatable bonds is 3. The topological polar surface area (TPSA) is 29.1 Å². The smallest absolute Gasteiger partial charge is 0.326 e. The molecule has 1 amide bonds. The van der Waals surface area contributed by atoms with E-state index >= 15 is 0 Å². The van der Waals surface area contributed by atoms with Crippen LogP contribution >= 0.6 is 11.6 Å². The van der Waals surface area contributed by atoms with Gasteiger partial charge in [-0.2, -0.15) is 13.2 Å². The summed E-state index contributed by atoms with van der Waals surface area (Å²) in [5, 5.41) is 1.65. The first-order valence-corrected chi connectivity index (χ1v) is 7.65. The van der Waals surface area contributed by atoms with Gasteiger partial charge in [0.15, 0.2) is 0 Å². The lowest BCUT2D eigenvalue weighted by Gasteiger charge is -2.10. The maximum absolute atomic E-state index is 12.6. The molecular weight excluding hydrogens is 327 g/mol. The van der Waals surface area contributed by atoms with Gasteiger partial charge in [0.2, 0.25) is 5.91 Å². The fourth-order valence-corrected chi connectivity index (χ4v) is 2.96. The molecule has 0 radical (unpaired) electrons. The number of carbonyl (C=O) groups is 1. The van der Waals surface area contributed by atoms with Crippen molar-refractivity contribution in [1.29, 1.82) is 0 Å². The highest BCUT2D eigenvalue weighted by Gasteiger charge is 2.61. The van der Waals surface area contributed by atoms with Crippen molar-refractivity contribution in [3.63, 3.8) is 0 Å². The van der Waals surface area contributed by atoms with E-state index < -0.39 is 28.5 Å². The van der Waals surface area contributed by atoms with E-state index in [1.807, 2.05) is 32.0 Å². The SMILES string of the molecule is Cc1ccc(C)c(NC(=O)[C@H]2[C@@H](/C=C(\Cl)C(F)(F)F)C2(C)C)c1. The number of anilines is 1. The van der Waals surface area contributed by atoms with E-state index in [1.54, 1.807) is 13.8 Å². The van der Waals surface area contributed by atoms with Crippen LogP contribution in [0.4, 0.5) is 18.9 Å². The zero-order valence-corrected chi connectivity index (χ0v) is 14.1. The molecule has 0 unspecified atom stereocenters. The van der Waals surface area contributed by atoms with E-state index in [2.05, 4.69) is 5.32 Å². The summed E-state index contributed by atoms with van der Waals surface area (Å²) in [6.07, 6.45) is -3.62. The summed E-state index contributed by atoms with van der Waals surface area (Å²) in [4.78, 5) is 12.4. The number of aryl methyl sites for hydroxylation is 2. The van der Waals surface area contributed by atoms with Gasteiger partial charge >= 0.3 is 6.18 Å². The van der Waals surface area contributed by atoms with Gasteiger partial charge in [-0.25, -0.2) is 0 Å². The van der Waals surface area contributed by atoms with Crippen LogP contribution in [0.3, 0.4) is 0 Å². The number of hydrogen-bond donors (Lipinski definition) is 1. The number of hydrogen-bond acceptors (Lipinski definition) is 1. The number of carbonyl (C=O) groups excluding carboxylic acids is 1. The van der Waals surface area contributed by atoms with Crippen molar-refractivity contribution in [3.05, 3.63) is 40.4 Å². The lowest BCUT2D eigenvalue weighted by molar-refractivity contribution is -0.118. The van der Waals surface area contributed by atoms with Crippen molar-refractivity contribution in [3.8, 4) is 0 Å². The molecule has 1 saturated carbocycles. The molecule has 0 bridgehead atoms. The molecule has 0 saturated heterocycles. The Morgan fingerprint density at radius 2 is 1.91 bits per heavy atom. The van der Waals surface area contributed by atoms with E-state index in [9.17, 15) is 18.0 Å². The molecule has 2 nitrogen and oxygen atoms in total. The molecule has 1 aromatic rings. The Balaban J connectivity index is 2.16. The summed E-state index contributed by atoms with van der Waals surface area (Å²) >= 11 is 5.30. The molecule has 0 aliphatic heterocycles. The van der Waals surface area contributed by atoms with Crippen LogP contribution in [0.15, 0.2) is 29.3 Å². The van der Waals surface area contributed by atoms with Crippen molar-refractivity contribution >= 4 is 23.2 Å². The fourth-order valence-electron chi connectivity index (χ4n) is 2.82. The van der Waals surface area contributed by atoms with Gasteiger partial charge in [0.1, 0.15) is 5.03 Å². The maximum Gasteiger partial charge on any atom is 0.426 e. The van der Waals surface area contributed by atoms with E-state index in [4.69, 9.17) is 11.6 Å². The van der Waals surface area contributed by atoms with Gasteiger partial charge in [0, 0.05) is 5.69 Å². The second-order valence-corrected chi connectivity index (χ2v) is 7.05. The molecule has 23 heavy (non-hydrogen) atoms. The monoisotopic (exact) mass is 345 g/mol. The third-order valence-corrected chi connectivity index (χ3v) is 4.78. The van der Waals surface area contributed by atoms with Crippen LogP contribution in [0, 0.1) is 31.1 Å². The Kier molecular flexibility index (Phi) is 4.55. The normalized spacial score (nSPS) is 23.6. The molecule has 2 rings (SSSR count). The average molecular weight is 346 g/mol. The zero-order chi connectivity index (χ0) is 17.6. The van der Waals surface area contributed by atoms with E-state index in [-0.39, 0.29) is 5.91 Å². The lowest BCUT2D eigenvalue weighted by atomic mass is 10.1. The molecule has 2 atom stereocenters. The van der Waals surface area contributed by atoms with Crippen molar-refractivity contribution in [2.75, 3.05) is 5.32 Å². The Morgan fingerprint density at radius 1 is 1.30 bits per heavy atom. The molecule has 0 spiro atoms. The molecule has 0 heterocycles. The third kappa shape index (κ3) is 3.71. The number of nitrogens with one attached hydrogen (secondary N) is 1.